The summed E-state index contributed by atoms with van der Waals surface area (Å²) in [7, 11) is -2.17. The zero-order chi connectivity index (χ0) is 17.3. The summed E-state index contributed by atoms with van der Waals surface area (Å²) < 4.78 is 34.0. The highest BCUT2D eigenvalue weighted by molar-refractivity contribution is 7.90. The number of carbonyl (C=O) groups excluding carboxylic acids is 1. The number of carbonyl (C=O) groups is 1. The van der Waals surface area contributed by atoms with E-state index in [2.05, 4.69) is 9.71 Å². The fourth-order valence-corrected chi connectivity index (χ4v) is 4.00. The van der Waals surface area contributed by atoms with Crippen LogP contribution in [-0.4, -0.2) is 40.4 Å². The van der Waals surface area contributed by atoms with Gasteiger partial charge in [-0.2, -0.15) is 8.42 Å². The van der Waals surface area contributed by atoms with Gasteiger partial charge in [0.25, 0.3) is 10.0 Å². The van der Waals surface area contributed by atoms with Crippen molar-refractivity contribution < 1.29 is 17.9 Å². The fourth-order valence-electron chi connectivity index (χ4n) is 2.68. The Bertz CT molecular complexity index is 785. The third-order valence-electron chi connectivity index (χ3n) is 4.12. The van der Waals surface area contributed by atoms with E-state index in [1.165, 1.54) is 6.07 Å². The molecule has 0 bridgehead atoms. The lowest BCUT2D eigenvalue weighted by atomic mass is 10.2. The molecular weight excluding hydrogens is 330 g/mol. The Labute approximate surface area is 141 Å². The minimum absolute atomic E-state index is 0.0561. The molecule has 8 heteroatoms. The quantitative estimate of drug-likeness (QED) is 0.847. The number of hydrogen-bond donors (Lipinski definition) is 1. The van der Waals surface area contributed by atoms with Crippen molar-refractivity contribution in [2.24, 2.45) is 10.3 Å². The first-order valence-electron chi connectivity index (χ1n) is 8.01. The molecule has 0 spiro atoms. The second-order valence-electron chi connectivity index (χ2n) is 5.93. The molecule has 0 atom stereocenters. The zero-order valence-corrected chi connectivity index (χ0v) is 14.6. The van der Waals surface area contributed by atoms with Crippen molar-refractivity contribution >= 4 is 33.1 Å². The summed E-state index contributed by atoms with van der Waals surface area (Å²) in [4.78, 5) is 13.9. The Kier molecular flexibility index (Phi) is 4.60. The van der Waals surface area contributed by atoms with Crippen LogP contribution in [0.25, 0.3) is 0 Å². The standard InChI is InChI=1S/C16H21N3O4S/c1-3-15-18-24(21,22)14-10-12(17-16(20)11-4-5-11)6-7-13(14)19(15)8-9-23-2/h6-7,10-11H,3-5,8-9H2,1-2H3,(H,17,20). The van der Waals surface area contributed by atoms with E-state index in [-0.39, 0.29) is 16.7 Å². The van der Waals surface area contributed by atoms with Crippen molar-refractivity contribution in [1.82, 2.24) is 0 Å². The first-order chi connectivity index (χ1) is 11.5. The van der Waals surface area contributed by atoms with E-state index >= 15 is 0 Å². The number of anilines is 2. The van der Waals surface area contributed by atoms with E-state index in [4.69, 9.17) is 4.74 Å². The van der Waals surface area contributed by atoms with Crippen LogP contribution in [-0.2, 0) is 19.6 Å². The normalized spacial score (nSPS) is 18.8. The van der Waals surface area contributed by atoms with Crippen LogP contribution in [0.3, 0.4) is 0 Å². The lowest BCUT2D eigenvalue weighted by molar-refractivity contribution is -0.117. The highest BCUT2D eigenvalue weighted by Gasteiger charge is 2.32. The Morgan fingerprint density at radius 1 is 1.42 bits per heavy atom. The number of amides is 1. The van der Waals surface area contributed by atoms with Crippen LogP contribution in [0.15, 0.2) is 27.5 Å². The van der Waals surface area contributed by atoms with Crippen LogP contribution in [0.2, 0.25) is 0 Å². The largest absolute Gasteiger partial charge is 0.383 e. The van der Waals surface area contributed by atoms with Crippen molar-refractivity contribution in [2.45, 2.75) is 31.1 Å². The number of sulfonamides is 1. The Morgan fingerprint density at radius 2 is 2.17 bits per heavy atom. The van der Waals surface area contributed by atoms with Gasteiger partial charge in [-0.25, -0.2) is 0 Å². The van der Waals surface area contributed by atoms with Gasteiger partial charge in [0, 0.05) is 31.7 Å². The Balaban J connectivity index is 1.96. The summed E-state index contributed by atoms with van der Waals surface area (Å²) >= 11 is 0. The average molecular weight is 351 g/mol. The van der Waals surface area contributed by atoms with Gasteiger partial charge in [-0.3, -0.25) is 4.79 Å². The number of fused-ring (bicyclic) bond motifs is 1. The molecule has 0 saturated heterocycles. The number of rotatable bonds is 6. The number of benzene rings is 1. The van der Waals surface area contributed by atoms with E-state index in [1.54, 1.807) is 19.2 Å². The topological polar surface area (TPSA) is 88.1 Å². The molecule has 1 heterocycles. The summed E-state index contributed by atoms with van der Waals surface area (Å²) in [5.74, 6) is 0.493. The van der Waals surface area contributed by atoms with E-state index in [9.17, 15) is 13.2 Å². The lowest BCUT2D eigenvalue weighted by Gasteiger charge is -2.30. The van der Waals surface area contributed by atoms with Crippen LogP contribution in [0.4, 0.5) is 11.4 Å². The SMILES string of the molecule is CCC1=NS(=O)(=O)c2cc(NC(=O)C3CC3)ccc2N1CCOC. The molecule has 1 amide bonds. The summed E-state index contributed by atoms with van der Waals surface area (Å²) in [5, 5.41) is 2.78. The number of nitrogens with zero attached hydrogens (tertiary/aromatic N) is 2. The monoisotopic (exact) mass is 351 g/mol. The number of hydrogen-bond acceptors (Lipinski definition) is 5. The van der Waals surface area contributed by atoms with Crippen LogP contribution in [0.1, 0.15) is 26.2 Å². The summed E-state index contributed by atoms with van der Waals surface area (Å²) in [5.41, 5.74) is 1.05. The maximum atomic E-state index is 12.5. The van der Waals surface area contributed by atoms with E-state index < -0.39 is 10.0 Å². The molecule has 1 aromatic carbocycles. The molecule has 0 unspecified atom stereocenters. The molecule has 3 rings (SSSR count). The molecule has 7 nitrogen and oxygen atoms in total. The van der Waals surface area contributed by atoms with Gasteiger partial charge in [0.15, 0.2) is 0 Å². The first-order valence-corrected chi connectivity index (χ1v) is 9.45. The van der Waals surface area contributed by atoms with Gasteiger partial charge in [-0.15, -0.1) is 4.40 Å². The van der Waals surface area contributed by atoms with Crippen LogP contribution in [0.5, 0.6) is 0 Å². The smallest absolute Gasteiger partial charge is 0.286 e. The van der Waals surface area contributed by atoms with Crippen molar-refractivity contribution in [1.29, 1.82) is 0 Å². The second kappa shape index (κ2) is 6.52. The summed E-state index contributed by atoms with van der Waals surface area (Å²) in [6.45, 7) is 2.83. The van der Waals surface area contributed by atoms with Gasteiger partial charge in [0.2, 0.25) is 5.91 Å². The van der Waals surface area contributed by atoms with Crippen LogP contribution >= 0.6 is 0 Å². The molecule has 0 aromatic heterocycles. The molecule has 130 valence electrons. The maximum Gasteiger partial charge on any atom is 0.286 e. The van der Waals surface area contributed by atoms with E-state index in [1.807, 2.05) is 11.8 Å². The number of nitrogens with one attached hydrogen (secondary N) is 1. The van der Waals surface area contributed by atoms with Crippen LogP contribution < -0.4 is 10.2 Å². The fraction of sp³-hybridized carbons (Fsp3) is 0.500. The summed E-state index contributed by atoms with van der Waals surface area (Å²) in [6.07, 6.45) is 2.29. The zero-order valence-electron chi connectivity index (χ0n) is 13.8. The van der Waals surface area contributed by atoms with Gasteiger partial charge >= 0.3 is 0 Å². The van der Waals surface area contributed by atoms with Gasteiger partial charge in [0.05, 0.1) is 12.3 Å². The molecule has 1 saturated carbocycles. The highest BCUT2D eigenvalue weighted by atomic mass is 32.2. The van der Waals surface area contributed by atoms with Crippen molar-refractivity contribution in [3.8, 4) is 0 Å². The predicted molar refractivity (Wildman–Crippen MR) is 91.9 cm³/mol. The average Bonchev–Trinajstić information content (AvgIpc) is 3.39. The minimum atomic E-state index is -3.77. The first kappa shape index (κ1) is 16.9. The highest BCUT2D eigenvalue weighted by Crippen LogP contribution is 2.35. The molecule has 2 aliphatic rings. The molecule has 0 radical (unpaired) electrons. The van der Waals surface area contributed by atoms with Gasteiger partial charge in [0.1, 0.15) is 10.7 Å². The van der Waals surface area contributed by atoms with Gasteiger partial charge < -0.3 is 15.0 Å². The van der Waals surface area contributed by atoms with Crippen LogP contribution in [0, 0.1) is 5.92 Å². The number of amidine groups is 1. The van der Waals surface area contributed by atoms with Gasteiger partial charge in [-0.1, -0.05) is 6.92 Å². The minimum Gasteiger partial charge on any atom is -0.383 e. The molecular formula is C16H21N3O4S. The molecule has 1 N–H and O–H groups in total. The predicted octanol–water partition coefficient (Wildman–Crippen LogP) is 2.00. The Morgan fingerprint density at radius 3 is 2.79 bits per heavy atom. The number of methoxy groups -OCH3 is 1. The van der Waals surface area contributed by atoms with Crippen molar-refractivity contribution in [3.63, 3.8) is 0 Å². The van der Waals surface area contributed by atoms with E-state index in [0.717, 1.165) is 12.8 Å². The Hall–Kier alpha value is -1.93. The van der Waals surface area contributed by atoms with Gasteiger partial charge in [-0.05, 0) is 31.0 Å². The summed E-state index contributed by atoms with van der Waals surface area (Å²) in [6, 6.07) is 4.93. The maximum absolute atomic E-state index is 12.5. The molecule has 1 aliphatic carbocycles. The molecule has 24 heavy (non-hydrogen) atoms. The lowest BCUT2D eigenvalue weighted by Crippen LogP contribution is -2.37. The third kappa shape index (κ3) is 3.29. The third-order valence-corrected chi connectivity index (χ3v) is 5.45. The van der Waals surface area contributed by atoms with E-state index in [0.29, 0.717) is 36.8 Å². The molecule has 1 aliphatic heterocycles. The second-order valence-corrected chi connectivity index (χ2v) is 7.50. The molecule has 1 aromatic rings. The van der Waals surface area contributed by atoms with Crippen molar-refractivity contribution in [2.75, 3.05) is 30.5 Å². The molecule has 1 fully saturated rings. The van der Waals surface area contributed by atoms with Crippen molar-refractivity contribution in [3.05, 3.63) is 18.2 Å². The number of ether oxygens (including phenoxy) is 1.